The highest BCUT2D eigenvalue weighted by atomic mass is 16.5. The summed E-state index contributed by atoms with van der Waals surface area (Å²) in [7, 11) is 0. The molecule has 1 amide bonds. The van der Waals surface area contributed by atoms with Crippen molar-refractivity contribution in [1.29, 1.82) is 0 Å². The Morgan fingerprint density at radius 2 is 1.83 bits per heavy atom. The van der Waals surface area contributed by atoms with Crippen molar-refractivity contribution in [3.05, 3.63) is 59.2 Å². The minimum absolute atomic E-state index is 0.0382. The predicted molar refractivity (Wildman–Crippen MR) is 93.6 cm³/mol. The number of likely N-dealkylation sites (tertiary alicyclic amines) is 1. The van der Waals surface area contributed by atoms with Gasteiger partial charge in [-0.2, -0.15) is 0 Å². The van der Waals surface area contributed by atoms with Gasteiger partial charge in [-0.3, -0.25) is 4.79 Å². The van der Waals surface area contributed by atoms with Gasteiger partial charge in [0.05, 0.1) is 5.56 Å². The largest absolute Gasteiger partial charge is 0.507 e. The lowest BCUT2D eigenvalue weighted by molar-refractivity contribution is 0.0591. The Morgan fingerprint density at radius 3 is 2.54 bits per heavy atom. The van der Waals surface area contributed by atoms with E-state index in [1.807, 2.05) is 6.92 Å². The van der Waals surface area contributed by atoms with Gasteiger partial charge in [0.1, 0.15) is 17.6 Å². The fourth-order valence-corrected chi connectivity index (χ4v) is 3.02. The molecule has 0 bridgehead atoms. The number of ether oxygens (including phenoxy) is 1. The number of amides is 1. The van der Waals surface area contributed by atoms with Gasteiger partial charge in [-0.05, 0) is 43.2 Å². The van der Waals surface area contributed by atoms with Crippen molar-refractivity contribution in [3.8, 4) is 11.5 Å². The summed E-state index contributed by atoms with van der Waals surface area (Å²) in [4.78, 5) is 14.3. The molecule has 24 heavy (non-hydrogen) atoms. The van der Waals surface area contributed by atoms with Crippen LogP contribution in [0.4, 0.5) is 0 Å². The summed E-state index contributed by atoms with van der Waals surface area (Å²) in [5.41, 5.74) is 2.68. The molecule has 4 heteroatoms. The molecule has 2 aromatic carbocycles. The Morgan fingerprint density at radius 1 is 1.12 bits per heavy atom. The average molecular weight is 325 g/mol. The highest BCUT2D eigenvalue weighted by Crippen LogP contribution is 2.25. The second-order valence-corrected chi connectivity index (χ2v) is 6.40. The number of piperidine rings is 1. The smallest absolute Gasteiger partial charge is 0.257 e. The van der Waals surface area contributed by atoms with Crippen LogP contribution in [0.25, 0.3) is 0 Å². The molecule has 126 valence electrons. The van der Waals surface area contributed by atoms with E-state index in [0.29, 0.717) is 18.7 Å². The second-order valence-electron chi connectivity index (χ2n) is 6.40. The van der Waals surface area contributed by atoms with E-state index in [-0.39, 0.29) is 17.8 Å². The number of phenols is 1. The Labute approximate surface area is 142 Å². The second kappa shape index (κ2) is 6.95. The van der Waals surface area contributed by atoms with E-state index < -0.39 is 0 Å². The van der Waals surface area contributed by atoms with Crippen molar-refractivity contribution in [2.75, 3.05) is 13.1 Å². The molecule has 0 aliphatic carbocycles. The molecule has 1 heterocycles. The lowest BCUT2D eigenvalue weighted by Crippen LogP contribution is -2.41. The number of benzene rings is 2. The van der Waals surface area contributed by atoms with Gasteiger partial charge < -0.3 is 14.7 Å². The van der Waals surface area contributed by atoms with Crippen molar-refractivity contribution >= 4 is 5.91 Å². The maximum absolute atomic E-state index is 12.5. The minimum atomic E-state index is -0.113. The lowest BCUT2D eigenvalue weighted by atomic mass is 10.1. The van der Waals surface area contributed by atoms with Crippen LogP contribution in [0, 0.1) is 13.8 Å². The molecule has 0 aromatic heterocycles. The number of hydrogen-bond acceptors (Lipinski definition) is 3. The Bertz CT molecular complexity index is 733. The van der Waals surface area contributed by atoms with E-state index in [2.05, 4.69) is 25.1 Å². The van der Waals surface area contributed by atoms with Crippen LogP contribution in [0.15, 0.2) is 42.5 Å². The van der Waals surface area contributed by atoms with E-state index in [9.17, 15) is 9.90 Å². The van der Waals surface area contributed by atoms with Crippen molar-refractivity contribution < 1.29 is 14.6 Å². The number of rotatable bonds is 3. The summed E-state index contributed by atoms with van der Waals surface area (Å²) in [6.07, 6.45) is 1.72. The zero-order chi connectivity index (χ0) is 17.1. The minimum Gasteiger partial charge on any atom is -0.507 e. The summed E-state index contributed by atoms with van der Waals surface area (Å²) in [6, 6.07) is 12.9. The van der Waals surface area contributed by atoms with Gasteiger partial charge in [-0.15, -0.1) is 0 Å². The van der Waals surface area contributed by atoms with Gasteiger partial charge in [-0.1, -0.05) is 24.3 Å². The Hall–Kier alpha value is -2.49. The molecule has 0 radical (unpaired) electrons. The van der Waals surface area contributed by atoms with Crippen LogP contribution in [-0.2, 0) is 0 Å². The number of para-hydroxylation sites is 1. The summed E-state index contributed by atoms with van der Waals surface area (Å²) < 4.78 is 6.14. The number of carbonyl (C=O) groups excluding carboxylic acids is 1. The van der Waals surface area contributed by atoms with Crippen molar-refractivity contribution in [2.24, 2.45) is 0 Å². The molecule has 1 fully saturated rings. The van der Waals surface area contributed by atoms with Crippen molar-refractivity contribution in [1.82, 2.24) is 4.90 Å². The molecule has 3 rings (SSSR count). The van der Waals surface area contributed by atoms with Gasteiger partial charge in [0, 0.05) is 25.9 Å². The average Bonchev–Trinajstić information content (AvgIpc) is 2.59. The molecular weight excluding hydrogens is 302 g/mol. The topological polar surface area (TPSA) is 49.8 Å². The van der Waals surface area contributed by atoms with Crippen molar-refractivity contribution in [2.45, 2.75) is 32.8 Å². The number of nitrogens with zero attached hydrogens (tertiary/aromatic N) is 1. The summed E-state index contributed by atoms with van der Waals surface area (Å²) in [5, 5.41) is 9.84. The summed E-state index contributed by atoms with van der Waals surface area (Å²) in [6.45, 7) is 5.39. The van der Waals surface area contributed by atoms with Gasteiger partial charge in [0.2, 0.25) is 0 Å². The highest BCUT2D eigenvalue weighted by Gasteiger charge is 2.26. The number of carbonyl (C=O) groups is 1. The molecule has 1 saturated heterocycles. The first kappa shape index (κ1) is 16.4. The number of hydrogen-bond donors (Lipinski definition) is 1. The normalized spacial score (nSPS) is 15.3. The van der Waals surface area contributed by atoms with Crippen LogP contribution in [0.2, 0.25) is 0 Å². The molecular formula is C20H23NO3. The molecule has 0 saturated carbocycles. The molecule has 0 atom stereocenters. The van der Waals surface area contributed by atoms with Gasteiger partial charge >= 0.3 is 0 Å². The van der Waals surface area contributed by atoms with Crippen LogP contribution < -0.4 is 4.74 Å². The van der Waals surface area contributed by atoms with Gasteiger partial charge in [-0.25, -0.2) is 0 Å². The maximum atomic E-state index is 12.5. The van der Waals surface area contributed by atoms with E-state index in [4.69, 9.17) is 4.74 Å². The number of aryl methyl sites for hydroxylation is 2. The first-order valence-electron chi connectivity index (χ1n) is 8.36. The first-order valence-corrected chi connectivity index (χ1v) is 8.36. The predicted octanol–water partition coefficient (Wildman–Crippen LogP) is 3.69. The highest BCUT2D eigenvalue weighted by molar-refractivity contribution is 5.96. The molecule has 0 unspecified atom stereocenters. The van der Waals surface area contributed by atoms with E-state index >= 15 is 0 Å². The third-order valence-electron chi connectivity index (χ3n) is 4.50. The standard InChI is InChI=1S/C20H23NO3/c1-14-7-8-15(2)19(13-14)24-16-9-11-21(12-10-16)20(23)17-5-3-4-6-18(17)22/h3-8,13,16,22H,9-12H2,1-2H3. The van der Waals surface area contributed by atoms with Crippen LogP contribution in [-0.4, -0.2) is 35.1 Å². The van der Waals surface area contributed by atoms with Crippen LogP contribution in [0.3, 0.4) is 0 Å². The monoisotopic (exact) mass is 325 g/mol. The molecule has 2 aromatic rings. The van der Waals surface area contributed by atoms with Crippen LogP contribution in [0.1, 0.15) is 34.3 Å². The fraction of sp³-hybridized carbons (Fsp3) is 0.350. The Balaban J connectivity index is 1.61. The zero-order valence-electron chi connectivity index (χ0n) is 14.2. The van der Waals surface area contributed by atoms with Gasteiger partial charge in [0.25, 0.3) is 5.91 Å². The van der Waals surface area contributed by atoms with Crippen molar-refractivity contribution in [3.63, 3.8) is 0 Å². The number of aromatic hydroxyl groups is 1. The fourth-order valence-electron chi connectivity index (χ4n) is 3.02. The third-order valence-corrected chi connectivity index (χ3v) is 4.50. The Kier molecular flexibility index (Phi) is 4.74. The molecule has 1 aliphatic rings. The maximum Gasteiger partial charge on any atom is 0.257 e. The molecule has 0 spiro atoms. The third kappa shape index (κ3) is 3.53. The van der Waals surface area contributed by atoms with Crippen LogP contribution in [0.5, 0.6) is 11.5 Å². The van der Waals surface area contributed by atoms with E-state index in [1.54, 1.807) is 29.2 Å². The van der Waals surface area contributed by atoms with Gasteiger partial charge in [0.15, 0.2) is 0 Å². The SMILES string of the molecule is Cc1ccc(C)c(OC2CCN(C(=O)c3ccccc3O)CC2)c1. The molecule has 1 N–H and O–H groups in total. The molecule has 1 aliphatic heterocycles. The lowest BCUT2D eigenvalue weighted by Gasteiger charge is -2.32. The van der Waals surface area contributed by atoms with E-state index in [0.717, 1.165) is 24.2 Å². The van der Waals surface area contributed by atoms with Crippen LogP contribution >= 0.6 is 0 Å². The quantitative estimate of drug-likeness (QED) is 0.936. The summed E-state index contributed by atoms with van der Waals surface area (Å²) in [5.74, 6) is 0.857. The molecule has 4 nitrogen and oxygen atoms in total. The zero-order valence-corrected chi connectivity index (χ0v) is 14.2. The van der Waals surface area contributed by atoms with E-state index in [1.165, 1.54) is 5.56 Å². The summed E-state index contributed by atoms with van der Waals surface area (Å²) >= 11 is 0. The first-order chi connectivity index (χ1) is 11.5. The number of phenolic OH excluding ortho intramolecular Hbond substituents is 1.